The molecule has 2 aromatic rings. The maximum Gasteiger partial charge on any atom is 1.00 e. The van der Waals surface area contributed by atoms with Crippen LogP contribution in [0.4, 0.5) is 11.4 Å². The summed E-state index contributed by atoms with van der Waals surface area (Å²) >= 11 is 0. The first kappa shape index (κ1) is 28.8. The van der Waals surface area contributed by atoms with Crippen LogP contribution in [0.15, 0.2) is 46.2 Å². The fourth-order valence-electron chi connectivity index (χ4n) is 2.17. The quantitative estimate of drug-likeness (QED) is 0.138. The number of hydrogen-bond acceptors (Lipinski definition) is 8. The van der Waals surface area contributed by atoms with Gasteiger partial charge in [-0.3, -0.25) is 29.3 Å². The molecule has 2 rings (SSSR count). The minimum atomic E-state index is -4.86. The summed E-state index contributed by atoms with van der Waals surface area (Å²) in [6, 6.07) is 5.11. The zero-order chi connectivity index (χ0) is 21.3. The zero-order valence-corrected chi connectivity index (χ0v) is 21.1. The molecule has 0 heterocycles. The summed E-state index contributed by atoms with van der Waals surface area (Å²) in [6.07, 6.45) is 2.01. The second-order valence-corrected chi connectivity index (χ2v) is 8.02. The Morgan fingerprint density at radius 1 is 0.733 bits per heavy atom. The molecule has 0 atom stereocenters. The first-order chi connectivity index (χ1) is 12.8. The van der Waals surface area contributed by atoms with Crippen molar-refractivity contribution >= 4 is 43.8 Å². The van der Waals surface area contributed by atoms with Gasteiger partial charge in [0, 0.05) is 24.3 Å². The molecule has 0 aliphatic rings. The number of rotatable bonds is 6. The molecule has 0 amide bonds. The number of nitro groups is 2. The number of nitro benzene ring substituents is 2. The van der Waals surface area contributed by atoms with Crippen LogP contribution < -0.4 is 59.1 Å². The van der Waals surface area contributed by atoms with Crippen molar-refractivity contribution in [1.29, 1.82) is 0 Å². The van der Waals surface area contributed by atoms with Crippen molar-refractivity contribution in [1.82, 2.24) is 0 Å². The Bertz CT molecular complexity index is 1140. The van der Waals surface area contributed by atoms with Gasteiger partial charge in [0.2, 0.25) is 0 Å². The Morgan fingerprint density at radius 3 is 1.27 bits per heavy atom. The van der Waals surface area contributed by atoms with E-state index in [-0.39, 0.29) is 73.1 Å². The summed E-state index contributed by atoms with van der Waals surface area (Å²) < 4.78 is 64.4. The molecule has 152 valence electrons. The molecule has 0 saturated carbocycles. The van der Waals surface area contributed by atoms with Gasteiger partial charge in [0.05, 0.1) is 9.85 Å². The first-order valence-corrected chi connectivity index (χ1v) is 9.88. The molecule has 0 bridgehead atoms. The van der Waals surface area contributed by atoms with Crippen molar-refractivity contribution in [3.63, 3.8) is 0 Å². The second-order valence-electron chi connectivity index (χ2n) is 5.24. The fraction of sp³-hybridized carbons (Fsp3) is 0. The largest absolute Gasteiger partial charge is 1.00 e. The van der Waals surface area contributed by atoms with Gasteiger partial charge in [-0.1, -0.05) is 12.2 Å². The van der Waals surface area contributed by atoms with Gasteiger partial charge >= 0.3 is 59.1 Å². The van der Waals surface area contributed by atoms with Crippen LogP contribution in [0, 0.1) is 20.2 Å². The van der Waals surface area contributed by atoms with Crippen molar-refractivity contribution in [2.75, 3.05) is 0 Å². The Kier molecular flexibility index (Phi) is 10.5. The normalized spacial score (nSPS) is 11.4. The predicted octanol–water partition coefficient (Wildman–Crippen LogP) is -3.60. The third kappa shape index (κ3) is 7.19. The van der Waals surface area contributed by atoms with Gasteiger partial charge in [-0.15, -0.1) is 0 Å². The SMILES string of the molecule is O=[N+]([O-])c1ccc(/C=C/c2ccc([N+](=O)[O-])cc2S(=O)(=O)O)c(S(=O)(=O)O)c1.[H-].[H-].[Na+].[Na+]. The van der Waals surface area contributed by atoms with E-state index in [1.165, 1.54) is 0 Å². The fourth-order valence-corrected chi connectivity index (χ4v) is 3.58. The summed E-state index contributed by atoms with van der Waals surface area (Å²) in [4.78, 5) is 18.2. The number of non-ortho nitro benzene ring substituents is 2. The van der Waals surface area contributed by atoms with E-state index in [1.54, 1.807) is 0 Å². The van der Waals surface area contributed by atoms with Crippen LogP contribution in [0.3, 0.4) is 0 Å². The number of hydrogen-bond donors (Lipinski definition) is 2. The minimum Gasteiger partial charge on any atom is -1.00 e. The minimum absolute atomic E-state index is 0. The van der Waals surface area contributed by atoms with E-state index >= 15 is 0 Å². The molecule has 30 heavy (non-hydrogen) atoms. The van der Waals surface area contributed by atoms with Gasteiger partial charge in [0.15, 0.2) is 0 Å². The van der Waals surface area contributed by atoms with Crippen LogP contribution in [0.2, 0.25) is 0 Å². The molecule has 2 N–H and O–H groups in total. The first-order valence-electron chi connectivity index (χ1n) is 7.00. The van der Waals surface area contributed by atoms with Crippen LogP contribution >= 0.6 is 0 Å². The Labute approximate surface area is 217 Å². The monoisotopic (exact) mass is 478 g/mol. The Morgan fingerprint density at radius 2 is 1.03 bits per heavy atom. The van der Waals surface area contributed by atoms with Crippen LogP contribution in [0.5, 0.6) is 0 Å². The maximum absolute atomic E-state index is 11.5. The van der Waals surface area contributed by atoms with Gasteiger partial charge in [0.1, 0.15) is 9.79 Å². The molecule has 0 aliphatic heterocycles. The van der Waals surface area contributed by atoms with E-state index in [4.69, 9.17) is 0 Å². The summed E-state index contributed by atoms with van der Waals surface area (Å²) in [7, 11) is -9.73. The van der Waals surface area contributed by atoms with Crippen molar-refractivity contribution in [2.45, 2.75) is 9.79 Å². The van der Waals surface area contributed by atoms with E-state index in [9.17, 15) is 46.2 Å². The van der Waals surface area contributed by atoms with Gasteiger partial charge < -0.3 is 2.85 Å². The molecule has 0 unspecified atom stereocenters. The molecule has 12 nitrogen and oxygen atoms in total. The molecule has 2 aromatic carbocycles. The number of benzene rings is 2. The molecular formula is C14H12N2Na2O10S2. The maximum atomic E-state index is 11.5. The van der Waals surface area contributed by atoms with Gasteiger partial charge in [0.25, 0.3) is 31.6 Å². The van der Waals surface area contributed by atoms with E-state index in [0.717, 1.165) is 36.4 Å². The third-order valence-corrected chi connectivity index (χ3v) is 5.23. The second kappa shape index (κ2) is 10.9. The molecule has 0 fully saturated rings. The predicted molar refractivity (Wildman–Crippen MR) is 97.0 cm³/mol. The molecule has 0 radical (unpaired) electrons. The van der Waals surface area contributed by atoms with E-state index in [2.05, 4.69) is 0 Å². The van der Waals surface area contributed by atoms with Crippen LogP contribution in [-0.2, 0) is 20.2 Å². The van der Waals surface area contributed by atoms with Crippen molar-refractivity contribution in [3.05, 3.63) is 67.8 Å². The molecule has 0 aromatic heterocycles. The van der Waals surface area contributed by atoms with E-state index < -0.39 is 51.2 Å². The Hall–Kier alpha value is -1.20. The summed E-state index contributed by atoms with van der Waals surface area (Å²) in [6.45, 7) is 0. The van der Waals surface area contributed by atoms with Gasteiger partial charge in [-0.05, 0) is 23.3 Å². The molecule has 16 heteroatoms. The van der Waals surface area contributed by atoms with Crippen LogP contribution in [0.1, 0.15) is 14.0 Å². The summed E-state index contributed by atoms with van der Waals surface area (Å²) in [5.74, 6) is 0. The van der Waals surface area contributed by atoms with Crippen LogP contribution in [0.25, 0.3) is 12.2 Å². The van der Waals surface area contributed by atoms with E-state index in [1.807, 2.05) is 0 Å². The standard InChI is InChI=1S/C14H10N2O10S2.2Na.2H/c17-15(18)11-5-3-9(13(7-11)27(21,22)23)1-2-10-4-6-12(16(19)20)8-14(10)28(24,25)26;;;;/h1-8H,(H,21,22,23)(H,24,25,26);;;;/q;2*+1;2*-1/b2-1+;;;;. The van der Waals surface area contributed by atoms with E-state index in [0.29, 0.717) is 12.1 Å². The summed E-state index contributed by atoms with van der Waals surface area (Å²) in [5, 5.41) is 21.5. The molecular weight excluding hydrogens is 466 g/mol. The molecule has 0 aliphatic carbocycles. The molecule has 0 spiro atoms. The Balaban J connectivity index is -0.00000210. The van der Waals surface area contributed by atoms with Crippen LogP contribution in [-0.4, -0.2) is 35.8 Å². The topological polar surface area (TPSA) is 195 Å². The average Bonchev–Trinajstić information content (AvgIpc) is 2.57. The number of nitrogens with zero attached hydrogens (tertiary/aromatic N) is 2. The van der Waals surface area contributed by atoms with Crippen molar-refractivity contribution in [3.8, 4) is 0 Å². The van der Waals surface area contributed by atoms with Gasteiger partial charge in [-0.2, -0.15) is 16.8 Å². The average molecular weight is 478 g/mol. The van der Waals surface area contributed by atoms with Gasteiger partial charge in [-0.25, -0.2) is 0 Å². The van der Waals surface area contributed by atoms with Crippen molar-refractivity contribution in [2.24, 2.45) is 0 Å². The van der Waals surface area contributed by atoms with Crippen molar-refractivity contribution < 1.29 is 97.8 Å². The summed E-state index contributed by atoms with van der Waals surface area (Å²) in [5.41, 5.74) is -1.68. The third-order valence-electron chi connectivity index (χ3n) is 3.41. The molecule has 0 saturated heterocycles. The smallest absolute Gasteiger partial charge is 1.00 e. The zero-order valence-electron chi connectivity index (χ0n) is 17.5.